The first-order chi connectivity index (χ1) is 8.81. The van der Waals surface area contributed by atoms with Gasteiger partial charge in [0.1, 0.15) is 0 Å². The van der Waals surface area contributed by atoms with Crippen molar-refractivity contribution in [2.45, 2.75) is 19.9 Å². The topological polar surface area (TPSA) is 32.3 Å². The molecule has 0 radical (unpaired) electrons. The molecule has 5 heteroatoms. The number of rotatable bonds is 5. The second kappa shape index (κ2) is 7.27. The Bertz CT molecular complexity index is 449. The fraction of sp³-hybridized carbons (Fsp3) is 0.500. The number of likely N-dealkylation sites (N-methyl/N-ethyl adjacent to an activating group) is 1. The van der Waals surface area contributed by atoms with Gasteiger partial charge in [0.25, 0.3) is 5.91 Å². The summed E-state index contributed by atoms with van der Waals surface area (Å²) >= 11 is 9.42. The second-order valence-corrected chi connectivity index (χ2v) is 6.53. The molecule has 1 amide bonds. The highest BCUT2D eigenvalue weighted by molar-refractivity contribution is 9.10. The van der Waals surface area contributed by atoms with Crippen LogP contribution in [0.5, 0.6) is 0 Å². The Morgan fingerprint density at radius 1 is 1.42 bits per heavy atom. The monoisotopic (exact) mass is 346 g/mol. The van der Waals surface area contributed by atoms with Crippen LogP contribution in [0.3, 0.4) is 0 Å². The molecule has 0 aliphatic carbocycles. The average Bonchev–Trinajstić information content (AvgIpc) is 2.30. The molecule has 0 saturated carbocycles. The van der Waals surface area contributed by atoms with Gasteiger partial charge < -0.3 is 10.2 Å². The van der Waals surface area contributed by atoms with Crippen molar-refractivity contribution in [3.8, 4) is 0 Å². The van der Waals surface area contributed by atoms with Crippen LogP contribution in [0, 0.1) is 5.92 Å². The third kappa shape index (κ3) is 5.13. The minimum Gasteiger partial charge on any atom is -0.348 e. The molecule has 3 nitrogen and oxygen atoms in total. The maximum atomic E-state index is 12.3. The lowest BCUT2D eigenvalue weighted by atomic mass is 10.0. The van der Waals surface area contributed by atoms with Gasteiger partial charge in [-0.15, -0.1) is 0 Å². The number of halogens is 2. The van der Waals surface area contributed by atoms with E-state index >= 15 is 0 Å². The van der Waals surface area contributed by atoms with Gasteiger partial charge in [-0.25, -0.2) is 0 Å². The summed E-state index contributed by atoms with van der Waals surface area (Å²) in [7, 11) is 3.99. The van der Waals surface area contributed by atoms with Gasteiger partial charge in [-0.3, -0.25) is 4.79 Å². The molecule has 0 saturated heterocycles. The summed E-state index contributed by atoms with van der Waals surface area (Å²) in [4.78, 5) is 14.3. The molecule has 106 valence electrons. The largest absolute Gasteiger partial charge is 0.348 e. The fourth-order valence-electron chi connectivity index (χ4n) is 1.73. The lowest BCUT2D eigenvalue weighted by Gasteiger charge is -2.25. The van der Waals surface area contributed by atoms with Crippen molar-refractivity contribution in [2.75, 3.05) is 20.6 Å². The van der Waals surface area contributed by atoms with Crippen LogP contribution in [0.15, 0.2) is 22.7 Å². The van der Waals surface area contributed by atoms with E-state index in [0.717, 1.165) is 11.0 Å². The number of carbonyl (C=O) groups is 1. The Morgan fingerprint density at radius 2 is 2.05 bits per heavy atom. The molecule has 1 aromatic rings. The quantitative estimate of drug-likeness (QED) is 0.885. The van der Waals surface area contributed by atoms with Gasteiger partial charge in [-0.1, -0.05) is 41.4 Å². The van der Waals surface area contributed by atoms with Crippen LogP contribution in [0.25, 0.3) is 0 Å². The number of hydrogen-bond donors (Lipinski definition) is 1. The first kappa shape index (κ1) is 16.5. The molecule has 0 aromatic heterocycles. The molecule has 0 aliphatic rings. The van der Waals surface area contributed by atoms with Crippen LogP contribution in [0.1, 0.15) is 24.2 Å². The third-order valence-corrected chi connectivity index (χ3v) is 3.68. The lowest BCUT2D eigenvalue weighted by Crippen LogP contribution is -2.45. The molecule has 0 heterocycles. The number of nitrogens with zero attached hydrogens (tertiary/aromatic N) is 1. The molecule has 0 spiro atoms. The lowest BCUT2D eigenvalue weighted by molar-refractivity contribution is 0.0916. The van der Waals surface area contributed by atoms with E-state index in [1.165, 1.54) is 0 Å². The number of benzene rings is 1. The summed E-state index contributed by atoms with van der Waals surface area (Å²) in [6.45, 7) is 4.99. The van der Waals surface area contributed by atoms with Gasteiger partial charge in [0.2, 0.25) is 0 Å². The predicted octanol–water partition coefficient (Wildman–Crippen LogP) is 3.42. The normalized spacial score (nSPS) is 12.8. The Kier molecular flexibility index (Phi) is 6.30. The molecule has 1 aromatic carbocycles. The molecule has 19 heavy (non-hydrogen) atoms. The Morgan fingerprint density at radius 3 is 2.58 bits per heavy atom. The molecule has 1 unspecified atom stereocenters. The summed E-state index contributed by atoms with van der Waals surface area (Å²) in [5, 5.41) is 3.51. The van der Waals surface area contributed by atoms with Gasteiger partial charge in [0.05, 0.1) is 10.6 Å². The zero-order chi connectivity index (χ0) is 14.6. The maximum Gasteiger partial charge on any atom is 0.253 e. The zero-order valence-electron chi connectivity index (χ0n) is 11.7. The van der Waals surface area contributed by atoms with E-state index in [-0.39, 0.29) is 11.9 Å². The first-order valence-electron chi connectivity index (χ1n) is 6.22. The van der Waals surface area contributed by atoms with E-state index in [9.17, 15) is 4.79 Å². The van der Waals surface area contributed by atoms with Crippen molar-refractivity contribution in [3.05, 3.63) is 33.3 Å². The summed E-state index contributed by atoms with van der Waals surface area (Å²) in [5.74, 6) is 0.226. The van der Waals surface area contributed by atoms with E-state index in [1.807, 2.05) is 20.2 Å². The van der Waals surface area contributed by atoms with Gasteiger partial charge >= 0.3 is 0 Å². The molecule has 0 bridgehead atoms. The minimum absolute atomic E-state index is 0.0950. The molecule has 1 N–H and O–H groups in total. The van der Waals surface area contributed by atoms with Crippen LogP contribution in [0.2, 0.25) is 5.02 Å². The van der Waals surface area contributed by atoms with Crippen LogP contribution < -0.4 is 5.32 Å². The van der Waals surface area contributed by atoms with Crippen LogP contribution in [0.4, 0.5) is 0 Å². The van der Waals surface area contributed by atoms with Gasteiger partial charge in [0, 0.05) is 17.1 Å². The predicted molar refractivity (Wildman–Crippen MR) is 83.8 cm³/mol. The van der Waals surface area contributed by atoms with E-state index < -0.39 is 0 Å². The van der Waals surface area contributed by atoms with E-state index in [1.54, 1.807) is 12.1 Å². The average molecular weight is 348 g/mol. The van der Waals surface area contributed by atoms with Crippen molar-refractivity contribution >= 4 is 33.4 Å². The molecule has 0 aliphatic heterocycles. The van der Waals surface area contributed by atoms with E-state index in [0.29, 0.717) is 16.5 Å². The molecular formula is C14H20BrClN2O. The number of hydrogen-bond acceptors (Lipinski definition) is 2. The standard InChI is InChI=1S/C14H20BrClN2O/c1-9(2)13(8-18(3)4)17-14(19)11-7-10(15)5-6-12(11)16/h5-7,9,13H,8H2,1-4H3,(H,17,19). The number of amides is 1. The molecular weight excluding hydrogens is 328 g/mol. The Hall–Kier alpha value is -0.580. The van der Waals surface area contributed by atoms with Crippen molar-refractivity contribution < 1.29 is 4.79 Å². The summed E-state index contributed by atoms with van der Waals surface area (Å²) in [6, 6.07) is 5.37. The van der Waals surface area contributed by atoms with Crippen LogP contribution in [-0.4, -0.2) is 37.5 Å². The van der Waals surface area contributed by atoms with Crippen molar-refractivity contribution in [1.82, 2.24) is 10.2 Å². The van der Waals surface area contributed by atoms with E-state index in [4.69, 9.17) is 11.6 Å². The SMILES string of the molecule is CC(C)C(CN(C)C)NC(=O)c1cc(Br)ccc1Cl. The maximum absolute atomic E-state index is 12.3. The molecule has 1 rings (SSSR count). The zero-order valence-corrected chi connectivity index (χ0v) is 14.0. The summed E-state index contributed by atoms with van der Waals surface area (Å²) in [5.41, 5.74) is 0.500. The Balaban J connectivity index is 2.84. The van der Waals surface area contributed by atoms with Crippen molar-refractivity contribution in [2.24, 2.45) is 5.92 Å². The number of carbonyl (C=O) groups excluding carboxylic acids is 1. The molecule has 0 fully saturated rings. The minimum atomic E-state index is -0.133. The second-order valence-electron chi connectivity index (χ2n) is 5.21. The van der Waals surface area contributed by atoms with Gasteiger partial charge in [0.15, 0.2) is 0 Å². The smallest absolute Gasteiger partial charge is 0.253 e. The highest BCUT2D eigenvalue weighted by Gasteiger charge is 2.19. The Labute approximate surface area is 128 Å². The fourth-order valence-corrected chi connectivity index (χ4v) is 2.30. The summed E-state index contributed by atoms with van der Waals surface area (Å²) < 4.78 is 0.843. The summed E-state index contributed by atoms with van der Waals surface area (Å²) in [6.07, 6.45) is 0. The highest BCUT2D eigenvalue weighted by Crippen LogP contribution is 2.21. The molecule has 1 atom stereocenters. The van der Waals surface area contributed by atoms with Gasteiger partial charge in [-0.05, 0) is 38.2 Å². The van der Waals surface area contributed by atoms with Crippen molar-refractivity contribution in [1.29, 1.82) is 0 Å². The van der Waals surface area contributed by atoms with E-state index in [2.05, 4.69) is 40.0 Å². The van der Waals surface area contributed by atoms with Crippen molar-refractivity contribution in [3.63, 3.8) is 0 Å². The first-order valence-corrected chi connectivity index (χ1v) is 7.39. The van der Waals surface area contributed by atoms with Crippen LogP contribution >= 0.6 is 27.5 Å². The van der Waals surface area contributed by atoms with Gasteiger partial charge in [-0.2, -0.15) is 0 Å². The van der Waals surface area contributed by atoms with Crippen LogP contribution in [-0.2, 0) is 0 Å². The number of nitrogens with one attached hydrogen (secondary N) is 1. The third-order valence-electron chi connectivity index (χ3n) is 2.86. The highest BCUT2D eigenvalue weighted by atomic mass is 79.9.